The Morgan fingerprint density at radius 2 is 2.28 bits per heavy atom. The van der Waals surface area contributed by atoms with Crippen LogP contribution in [0.4, 0.5) is 5.95 Å². The van der Waals surface area contributed by atoms with Crippen LogP contribution in [0, 0.1) is 6.92 Å². The minimum Gasteiger partial charge on any atom is -0.381 e. The Kier molecular flexibility index (Phi) is 4.40. The fourth-order valence-electron chi connectivity index (χ4n) is 2.45. The topological polar surface area (TPSA) is 38.2 Å². The lowest BCUT2D eigenvalue weighted by atomic mass is 10.0. The highest BCUT2D eigenvalue weighted by Crippen LogP contribution is 2.24. The first-order chi connectivity index (χ1) is 8.63. The summed E-state index contributed by atoms with van der Waals surface area (Å²) in [5, 5.41) is 0. The molecule has 18 heavy (non-hydrogen) atoms. The Labute approximate surface area is 113 Å². The van der Waals surface area contributed by atoms with Crippen molar-refractivity contribution in [3.8, 4) is 0 Å². The molecule has 0 aliphatic carbocycles. The van der Waals surface area contributed by atoms with Crippen LogP contribution in [0.3, 0.4) is 0 Å². The van der Waals surface area contributed by atoms with Crippen molar-refractivity contribution in [2.75, 3.05) is 18.6 Å². The van der Waals surface area contributed by atoms with E-state index in [1.807, 2.05) is 13.0 Å². The summed E-state index contributed by atoms with van der Waals surface area (Å²) < 4.78 is 5.43. The van der Waals surface area contributed by atoms with Gasteiger partial charge in [0.2, 0.25) is 5.95 Å². The average molecular weight is 270 g/mol. The fraction of sp³-hybridized carbons (Fsp3) is 0.692. The Morgan fingerprint density at radius 3 is 2.89 bits per heavy atom. The second-order valence-corrected chi connectivity index (χ2v) is 5.13. The van der Waals surface area contributed by atoms with E-state index in [0.29, 0.717) is 18.0 Å². The second-order valence-electron chi connectivity index (χ2n) is 4.86. The van der Waals surface area contributed by atoms with Gasteiger partial charge in [-0.25, -0.2) is 9.97 Å². The van der Waals surface area contributed by atoms with Gasteiger partial charge in [0.25, 0.3) is 0 Å². The first kappa shape index (κ1) is 13.6. The number of aromatic nitrogens is 2. The molecule has 0 bridgehead atoms. The van der Waals surface area contributed by atoms with Crippen LogP contribution in [0.1, 0.15) is 31.2 Å². The monoisotopic (exact) mass is 269 g/mol. The number of aryl methyl sites for hydroxylation is 1. The predicted molar refractivity (Wildman–Crippen MR) is 73.2 cm³/mol. The summed E-state index contributed by atoms with van der Waals surface area (Å²) in [5.74, 6) is 1.23. The molecular formula is C13H20ClN3O. The van der Waals surface area contributed by atoms with Crippen molar-refractivity contribution >= 4 is 17.5 Å². The molecule has 100 valence electrons. The zero-order valence-electron chi connectivity index (χ0n) is 11.2. The lowest BCUT2D eigenvalue weighted by Crippen LogP contribution is -2.44. The summed E-state index contributed by atoms with van der Waals surface area (Å²) in [7, 11) is 1.78. The molecule has 0 spiro atoms. The van der Waals surface area contributed by atoms with E-state index in [-0.39, 0.29) is 0 Å². The number of alkyl halides is 1. The zero-order valence-corrected chi connectivity index (χ0v) is 11.9. The fourth-order valence-corrected chi connectivity index (χ4v) is 2.59. The van der Waals surface area contributed by atoms with Crippen LogP contribution < -0.4 is 4.90 Å². The highest BCUT2D eigenvalue weighted by atomic mass is 35.5. The SMILES string of the molecule is COC1CCN(c2nc(C)cc(CCl)n2)C(C)C1. The van der Waals surface area contributed by atoms with E-state index < -0.39 is 0 Å². The number of rotatable bonds is 3. The quantitative estimate of drug-likeness (QED) is 0.791. The molecule has 1 aromatic heterocycles. The average Bonchev–Trinajstić information content (AvgIpc) is 2.37. The van der Waals surface area contributed by atoms with Crippen LogP contribution in [-0.2, 0) is 10.6 Å². The van der Waals surface area contributed by atoms with Crippen molar-refractivity contribution in [3.05, 3.63) is 17.5 Å². The van der Waals surface area contributed by atoms with Crippen molar-refractivity contribution in [3.63, 3.8) is 0 Å². The number of nitrogens with zero attached hydrogens (tertiary/aromatic N) is 3. The smallest absolute Gasteiger partial charge is 0.226 e. The van der Waals surface area contributed by atoms with Gasteiger partial charge in [0, 0.05) is 25.4 Å². The number of hydrogen-bond acceptors (Lipinski definition) is 4. The van der Waals surface area contributed by atoms with E-state index >= 15 is 0 Å². The molecule has 0 aromatic carbocycles. The highest BCUT2D eigenvalue weighted by Gasteiger charge is 2.27. The second kappa shape index (κ2) is 5.85. The molecule has 0 saturated carbocycles. The minimum absolute atomic E-state index is 0.355. The van der Waals surface area contributed by atoms with Gasteiger partial charge in [-0.05, 0) is 32.8 Å². The molecule has 5 heteroatoms. The number of ether oxygens (including phenoxy) is 1. The van der Waals surface area contributed by atoms with Gasteiger partial charge >= 0.3 is 0 Å². The first-order valence-electron chi connectivity index (χ1n) is 6.34. The molecule has 0 N–H and O–H groups in total. The van der Waals surface area contributed by atoms with Crippen LogP contribution in [0.15, 0.2) is 6.07 Å². The van der Waals surface area contributed by atoms with Crippen molar-refractivity contribution < 1.29 is 4.74 Å². The number of hydrogen-bond donors (Lipinski definition) is 0. The van der Waals surface area contributed by atoms with E-state index in [2.05, 4.69) is 21.8 Å². The molecule has 2 rings (SSSR count). The first-order valence-corrected chi connectivity index (χ1v) is 6.87. The molecule has 2 atom stereocenters. The Hall–Kier alpha value is -0.870. The molecule has 0 amide bonds. The van der Waals surface area contributed by atoms with Crippen molar-refractivity contribution in [2.24, 2.45) is 0 Å². The van der Waals surface area contributed by atoms with Crippen molar-refractivity contribution in [2.45, 2.75) is 44.7 Å². The van der Waals surface area contributed by atoms with Crippen LogP contribution in [0.25, 0.3) is 0 Å². The van der Waals surface area contributed by atoms with E-state index in [0.717, 1.165) is 36.7 Å². The maximum Gasteiger partial charge on any atom is 0.226 e. The van der Waals surface area contributed by atoms with Gasteiger partial charge in [-0.2, -0.15) is 0 Å². The van der Waals surface area contributed by atoms with Gasteiger partial charge < -0.3 is 9.64 Å². The normalized spacial score (nSPS) is 24.3. The third-order valence-electron chi connectivity index (χ3n) is 3.45. The van der Waals surface area contributed by atoms with Gasteiger partial charge in [0.15, 0.2) is 0 Å². The summed E-state index contributed by atoms with van der Waals surface area (Å²) in [5.41, 5.74) is 1.86. The lowest BCUT2D eigenvalue weighted by Gasteiger charge is -2.37. The molecule has 2 heterocycles. The van der Waals surface area contributed by atoms with Gasteiger partial charge in [-0.1, -0.05) is 0 Å². The molecule has 0 radical (unpaired) electrons. The summed E-state index contributed by atoms with van der Waals surface area (Å²) in [6, 6.07) is 2.33. The van der Waals surface area contributed by atoms with Crippen molar-refractivity contribution in [1.29, 1.82) is 0 Å². The van der Waals surface area contributed by atoms with E-state index in [1.165, 1.54) is 0 Å². The summed E-state index contributed by atoms with van der Waals surface area (Å²) in [4.78, 5) is 11.3. The van der Waals surface area contributed by atoms with E-state index in [9.17, 15) is 0 Å². The van der Waals surface area contributed by atoms with E-state index in [4.69, 9.17) is 16.3 Å². The molecule has 1 saturated heterocycles. The van der Waals surface area contributed by atoms with Crippen LogP contribution in [0.5, 0.6) is 0 Å². The predicted octanol–water partition coefficient (Wildman–Crippen LogP) is 2.53. The molecule has 2 unspecified atom stereocenters. The number of methoxy groups -OCH3 is 1. The zero-order chi connectivity index (χ0) is 13.1. The molecule has 4 nitrogen and oxygen atoms in total. The third kappa shape index (κ3) is 2.93. The molecular weight excluding hydrogens is 250 g/mol. The van der Waals surface area contributed by atoms with Crippen LogP contribution in [0.2, 0.25) is 0 Å². The molecule has 1 aliphatic rings. The Bertz CT molecular complexity index is 413. The highest BCUT2D eigenvalue weighted by molar-refractivity contribution is 6.16. The molecule has 1 aliphatic heterocycles. The number of piperidine rings is 1. The van der Waals surface area contributed by atoms with Crippen LogP contribution in [-0.4, -0.2) is 35.8 Å². The van der Waals surface area contributed by atoms with Crippen LogP contribution >= 0.6 is 11.6 Å². The van der Waals surface area contributed by atoms with Crippen molar-refractivity contribution in [1.82, 2.24) is 9.97 Å². The Morgan fingerprint density at radius 1 is 1.50 bits per heavy atom. The lowest BCUT2D eigenvalue weighted by molar-refractivity contribution is 0.0717. The summed E-state index contributed by atoms with van der Waals surface area (Å²) >= 11 is 5.86. The third-order valence-corrected chi connectivity index (χ3v) is 3.72. The Balaban J connectivity index is 2.18. The van der Waals surface area contributed by atoms with Gasteiger partial charge in [-0.3, -0.25) is 0 Å². The largest absolute Gasteiger partial charge is 0.381 e. The number of halogens is 1. The minimum atomic E-state index is 0.355. The molecule has 1 fully saturated rings. The summed E-state index contributed by atoms with van der Waals surface area (Å²) in [6.45, 7) is 5.11. The van der Waals surface area contributed by atoms with Gasteiger partial charge in [0.05, 0.1) is 17.7 Å². The molecule has 1 aromatic rings. The van der Waals surface area contributed by atoms with Gasteiger partial charge in [0.1, 0.15) is 0 Å². The standard InChI is InChI=1S/C13H20ClN3O/c1-9-6-11(8-14)16-13(15-9)17-5-4-12(18-3)7-10(17)2/h6,10,12H,4-5,7-8H2,1-3H3. The van der Waals surface area contributed by atoms with Gasteiger partial charge in [-0.15, -0.1) is 11.6 Å². The maximum atomic E-state index is 5.86. The maximum absolute atomic E-state index is 5.86. The number of anilines is 1. The summed E-state index contributed by atoms with van der Waals surface area (Å²) in [6.07, 6.45) is 2.40. The van der Waals surface area contributed by atoms with E-state index in [1.54, 1.807) is 7.11 Å².